The molecule has 0 saturated carbocycles. The van der Waals surface area contributed by atoms with Crippen molar-refractivity contribution in [3.8, 4) is 29.1 Å². The molecule has 0 aromatic heterocycles. The molecule has 1 heterocycles. The highest BCUT2D eigenvalue weighted by molar-refractivity contribution is 5.92. The van der Waals surface area contributed by atoms with Gasteiger partial charge in [0, 0.05) is 17.2 Å². The number of nitrogens with two attached hydrogens (primary N) is 1. The first-order chi connectivity index (χ1) is 16.0. The Hall–Kier alpha value is -4.44. The first-order valence-electron chi connectivity index (χ1n) is 10.2. The van der Waals surface area contributed by atoms with E-state index in [1.807, 2.05) is 31.2 Å². The number of nitrogens with zero attached hydrogens (tertiary/aromatic N) is 1. The molecule has 0 spiro atoms. The average Bonchev–Trinajstić information content (AvgIpc) is 2.82. The van der Waals surface area contributed by atoms with Gasteiger partial charge in [0.05, 0.1) is 25.7 Å². The minimum Gasteiger partial charge on any atom is -0.493 e. The maximum absolute atomic E-state index is 12.6. The number of fused-ring (bicyclic) bond motifs is 1. The van der Waals surface area contributed by atoms with Gasteiger partial charge in [-0.2, -0.15) is 5.26 Å². The lowest BCUT2D eigenvalue weighted by atomic mass is 9.83. The Morgan fingerprint density at radius 3 is 2.52 bits per heavy atom. The van der Waals surface area contributed by atoms with Gasteiger partial charge in [0.1, 0.15) is 23.1 Å². The molecule has 4 rings (SSSR count). The highest BCUT2D eigenvalue weighted by atomic mass is 16.5. The quantitative estimate of drug-likeness (QED) is 0.460. The lowest BCUT2D eigenvalue weighted by molar-refractivity contribution is 0.0733. The smallest absolute Gasteiger partial charge is 0.343 e. The number of esters is 1. The van der Waals surface area contributed by atoms with Crippen LogP contribution >= 0.6 is 0 Å². The third-order valence-electron chi connectivity index (χ3n) is 5.51. The molecule has 3 aromatic rings. The Morgan fingerprint density at radius 2 is 1.82 bits per heavy atom. The summed E-state index contributed by atoms with van der Waals surface area (Å²) in [7, 11) is 3.08. The number of hydrogen-bond donors (Lipinski definition) is 1. The number of aryl methyl sites for hydroxylation is 1. The second-order valence-corrected chi connectivity index (χ2v) is 7.41. The Labute approximate surface area is 191 Å². The number of para-hydroxylation sites is 1. The number of benzene rings is 3. The monoisotopic (exact) mass is 442 g/mol. The van der Waals surface area contributed by atoms with Crippen LogP contribution in [0.5, 0.6) is 23.0 Å². The Morgan fingerprint density at radius 1 is 1.03 bits per heavy atom. The van der Waals surface area contributed by atoms with Gasteiger partial charge in [-0.1, -0.05) is 36.4 Å². The molecule has 0 radical (unpaired) electrons. The van der Waals surface area contributed by atoms with E-state index in [4.69, 9.17) is 24.7 Å². The van der Waals surface area contributed by atoms with Crippen LogP contribution in [0.25, 0.3) is 0 Å². The van der Waals surface area contributed by atoms with E-state index in [0.29, 0.717) is 39.7 Å². The van der Waals surface area contributed by atoms with Crippen molar-refractivity contribution in [1.82, 2.24) is 0 Å². The van der Waals surface area contributed by atoms with Gasteiger partial charge in [0.25, 0.3) is 0 Å². The van der Waals surface area contributed by atoms with Gasteiger partial charge in [-0.15, -0.1) is 0 Å². The van der Waals surface area contributed by atoms with Crippen LogP contribution in [-0.4, -0.2) is 20.2 Å². The molecule has 0 bridgehead atoms. The van der Waals surface area contributed by atoms with Crippen molar-refractivity contribution < 1.29 is 23.7 Å². The van der Waals surface area contributed by atoms with E-state index >= 15 is 0 Å². The molecule has 33 heavy (non-hydrogen) atoms. The van der Waals surface area contributed by atoms with Crippen LogP contribution in [0.4, 0.5) is 0 Å². The van der Waals surface area contributed by atoms with Crippen LogP contribution in [-0.2, 0) is 0 Å². The number of nitriles is 1. The molecule has 0 amide bonds. The number of rotatable bonds is 5. The zero-order valence-electron chi connectivity index (χ0n) is 18.4. The third kappa shape index (κ3) is 3.94. The molecule has 0 fully saturated rings. The Kier molecular flexibility index (Phi) is 5.92. The maximum Gasteiger partial charge on any atom is 0.343 e. The molecule has 0 aliphatic carbocycles. The standard InChI is InChI=1S/C26H22N2O5/c1-15-7-4-5-8-17(15)26(29)32-16-11-12-18-22(13-16)33-25(28)20(14-27)23(18)19-9-6-10-21(30-2)24(19)31-3/h4-13,23H,28H2,1-3H3. The van der Waals surface area contributed by atoms with Crippen molar-refractivity contribution >= 4 is 5.97 Å². The number of carbonyl (C=O) groups excluding carboxylic acids is 1. The van der Waals surface area contributed by atoms with Crippen molar-refractivity contribution in [1.29, 1.82) is 5.26 Å². The topological polar surface area (TPSA) is 104 Å². The summed E-state index contributed by atoms with van der Waals surface area (Å²) >= 11 is 0. The van der Waals surface area contributed by atoms with Crippen LogP contribution in [0.15, 0.2) is 72.1 Å². The number of allylic oxidation sites excluding steroid dienone is 1. The van der Waals surface area contributed by atoms with Crippen molar-refractivity contribution in [2.24, 2.45) is 5.73 Å². The summed E-state index contributed by atoms with van der Waals surface area (Å²) in [5.41, 5.74) is 9.03. The highest BCUT2D eigenvalue weighted by Crippen LogP contribution is 2.47. The fraction of sp³-hybridized carbons (Fsp3) is 0.154. The minimum atomic E-state index is -0.551. The second-order valence-electron chi connectivity index (χ2n) is 7.41. The summed E-state index contributed by atoms with van der Waals surface area (Å²) in [6.07, 6.45) is 0. The molecule has 7 heteroatoms. The van der Waals surface area contributed by atoms with E-state index in [1.54, 1.807) is 43.5 Å². The summed E-state index contributed by atoms with van der Waals surface area (Å²) in [4.78, 5) is 12.6. The van der Waals surface area contributed by atoms with E-state index in [1.165, 1.54) is 7.11 Å². The van der Waals surface area contributed by atoms with Gasteiger partial charge in [-0.05, 0) is 30.7 Å². The number of hydrogen-bond acceptors (Lipinski definition) is 7. The molecule has 2 N–H and O–H groups in total. The fourth-order valence-electron chi connectivity index (χ4n) is 3.92. The predicted molar refractivity (Wildman–Crippen MR) is 121 cm³/mol. The van der Waals surface area contributed by atoms with Crippen LogP contribution in [0.2, 0.25) is 0 Å². The summed E-state index contributed by atoms with van der Waals surface area (Å²) in [5.74, 6) is 0.655. The number of methoxy groups -OCH3 is 2. The van der Waals surface area contributed by atoms with E-state index in [9.17, 15) is 10.1 Å². The zero-order chi connectivity index (χ0) is 23.5. The van der Waals surface area contributed by atoms with Gasteiger partial charge in [0.2, 0.25) is 5.88 Å². The number of ether oxygens (including phenoxy) is 4. The van der Waals surface area contributed by atoms with E-state index in [0.717, 1.165) is 5.56 Å². The fourth-order valence-corrected chi connectivity index (χ4v) is 3.92. The zero-order valence-corrected chi connectivity index (χ0v) is 18.4. The molecule has 1 aliphatic heterocycles. The molecule has 1 unspecified atom stereocenters. The summed E-state index contributed by atoms with van der Waals surface area (Å²) in [5, 5.41) is 9.83. The average molecular weight is 442 g/mol. The summed E-state index contributed by atoms with van der Waals surface area (Å²) in [6.45, 7) is 1.84. The third-order valence-corrected chi connectivity index (χ3v) is 5.51. The van der Waals surface area contributed by atoms with E-state index < -0.39 is 11.9 Å². The first-order valence-corrected chi connectivity index (χ1v) is 10.2. The van der Waals surface area contributed by atoms with Gasteiger partial charge in [-0.25, -0.2) is 4.79 Å². The Bertz CT molecular complexity index is 1310. The van der Waals surface area contributed by atoms with Crippen LogP contribution in [0.3, 0.4) is 0 Å². The highest BCUT2D eigenvalue weighted by Gasteiger charge is 2.33. The van der Waals surface area contributed by atoms with Crippen molar-refractivity contribution in [2.45, 2.75) is 12.8 Å². The first kappa shape index (κ1) is 21.8. The lowest BCUT2D eigenvalue weighted by Crippen LogP contribution is -2.21. The molecule has 0 saturated heterocycles. The normalized spacial score (nSPS) is 14.5. The van der Waals surface area contributed by atoms with Gasteiger partial charge >= 0.3 is 5.97 Å². The molecule has 166 valence electrons. The second kappa shape index (κ2) is 8.97. The molecule has 3 aromatic carbocycles. The SMILES string of the molecule is COc1cccc(C2C(C#N)=C(N)Oc3cc(OC(=O)c4ccccc4C)ccc32)c1OC. The largest absolute Gasteiger partial charge is 0.493 e. The lowest BCUT2D eigenvalue weighted by Gasteiger charge is -2.28. The van der Waals surface area contributed by atoms with E-state index in [-0.39, 0.29) is 11.5 Å². The van der Waals surface area contributed by atoms with Crippen LogP contribution in [0.1, 0.15) is 33.0 Å². The van der Waals surface area contributed by atoms with E-state index in [2.05, 4.69) is 6.07 Å². The van der Waals surface area contributed by atoms with Crippen molar-refractivity contribution in [3.05, 3.63) is 94.4 Å². The van der Waals surface area contributed by atoms with Gasteiger partial charge in [0.15, 0.2) is 11.5 Å². The van der Waals surface area contributed by atoms with Crippen molar-refractivity contribution in [3.63, 3.8) is 0 Å². The van der Waals surface area contributed by atoms with Crippen molar-refractivity contribution in [2.75, 3.05) is 14.2 Å². The summed E-state index contributed by atoms with van der Waals surface area (Å²) in [6, 6.07) is 19.8. The molecule has 1 aliphatic rings. The van der Waals surface area contributed by atoms with Crippen LogP contribution in [0, 0.1) is 18.3 Å². The molecule has 7 nitrogen and oxygen atoms in total. The minimum absolute atomic E-state index is 0.0257. The molecule has 1 atom stereocenters. The van der Waals surface area contributed by atoms with Gasteiger partial charge < -0.3 is 24.7 Å². The predicted octanol–water partition coefficient (Wildman–Crippen LogP) is 4.45. The van der Waals surface area contributed by atoms with Crippen LogP contribution < -0.4 is 24.7 Å². The van der Waals surface area contributed by atoms with Gasteiger partial charge in [-0.3, -0.25) is 0 Å². The molecular formula is C26H22N2O5. The number of carbonyl (C=O) groups is 1. The Balaban J connectivity index is 1.76. The molecular weight excluding hydrogens is 420 g/mol. The summed E-state index contributed by atoms with van der Waals surface area (Å²) < 4.78 is 22.3. The maximum atomic E-state index is 12.6.